The fourth-order valence-corrected chi connectivity index (χ4v) is 4.33. The van der Waals surface area contributed by atoms with Crippen LogP contribution in [0.2, 0.25) is 0 Å². The van der Waals surface area contributed by atoms with Gasteiger partial charge in [-0.1, -0.05) is 50.6 Å². The van der Waals surface area contributed by atoms with Crippen molar-refractivity contribution in [3.05, 3.63) is 64.4 Å². The van der Waals surface area contributed by atoms with Crippen LogP contribution in [-0.4, -0.2) is 27.4 Å². The van der Waals surface area contributed by atoms with E-state index in [1.54, 1.807) is 18.5 Å². The molecule has 2 aromatic heterocycles. The molecule has 0 saturated carbocycles. The molecule has 1 unspecified atom stereocenters. The van der Waals surface area contributed by atoms with Gasteiger partial charge in [-0.3, -0.25) is 4.79 Å². The predicted molar refractivity (Wildman–Crippen MR) is 118 cm³/mol. The third-order valence-electron chi connectivity index (χ3n) is 4.81. The summed E-state index contributed by atoms with van der Waals surface area (Å²) in [6, 6.07) is 10.4. The SMILES string of the molecule is CCc1nc(-c2ncccn2)sc1C(=O)NCC(CC(C)C)c1ccc(C)cc1. The first kappa shape index (κ1) is 21.1. The minimum absolute atomic E-state index is 0.0672. The molecular weight excluding hydrogens is 380 g/mol. The number of thiazole rings is 1. The molecule has 0 aliphatic carbocycles. The van der Waals surface area contributed by atoms with E-state index >= 15 is 0 Å². The molecule has 0 radical (unpaired) electrons. The smallest absolute Gasteiger partial charge is 0.263 e. The number of hydrogen-bond donors (Lipinski definition) is 1. The molecule has 3 aromatic rings. The molecule has 1 N–H and O–H groups in total. The first-order chi connectivity index (χ1) is 14.0. The normalized spacial score (nSPS) is 12.2. The van der Waals surface area contributed by atoms with E-state index in [1.807, 2.05) is 6.92 Å². The van der Waals surface area contributed by atoms with E-state index in [4.69, 9.17) is 0 Å². The van der Waals surface area contributed by atoms with Crippen LogP contribution in [0.25, 0.3) is 10.8 Å². The van der Waals surface area contributed by atoms with Crippen LogP contribution in [0.1, 0.15) is 59.6 Å². The van der Waals surface area contributed by atoms with Gasteiger partial charge in [0.1, 0.15) is 4.88 Å². The van der Waals surface area contributed by atoms with Crippen molar-refractivity contribution in [1.82, 2.24) is 20.3 Å². The van der Waals surface area contributed by atoms with Gasteiger partial charge in [-0.05, 0) is 37.3 Å². The summed E-state index contributed by atoms with van der Waals surface area (Å²) in [5.74, 6) is 1.33. The van der Waals surface area contributed by atoms with E-state index in [-0.39, 0.29) is 11.8 Å². The lowest BCUT2D eigenvalue weighted by molar-refractivity contribution is 0.0953. The number of hydrogen-bond acceptors (Lipinski definition) is 5. The van der Waals surface area contributed by atoms with Crippen LogP contribution in [-0.2, 0) is 6.42 Å². The summed E-state index contributed by atoms with van der Waals surface area (Å²) in [4.78, 5) is 26.7. The van der Waals surface area contributed by atoms with Crippen molar-refractivity contribution in [2.24, 2.45) is 5.92 Å². The minimum Gasteiger partial charge on any atom is -0.351 e. The van der Waals surface area contributed by atoms with Crippen LogP contribution in [0.5, 0.6) is 0 Å². The van der Waals surface area contributed by atoms with Crippen LogP contribution in [0, 0.1) is 12.8 Å². The Hall–Kier alpha value is -2.60. The summed E-state index contributed by atoms with van der Waals surface area (Å²) in [6.07, 6.45) is 5.09. The number of carbonyl (C=O) groups is 1. The van der Waals surface area contributed by atoms with Gasteiger partial charge in [-0.2, -0.15) is 0 Å². The quantitative estimate of drug-likeness (QED) is 0.567. The first-order valence-electron chi connectivity index (χ1n) is 10.1. The van der Waals surface area contributed by atoms with Gasteiger partial charge in [0.25, 0.3) is 5.91 Å². The predicted octanol–water partition coefficient (Wildman–Crippen LogP) is 5.03. The van der Waals surface area contributed by atoms with E-state index in [9.17, 15) is 4.79 Å². The zero-order valence-electron chi connectivity index (χ0n) is 17.5. The maximum Gasteiger partial charge on any atom is 0.263 e. The average Bonchev–Trinajstić information content (AvgIpc) is 3.16. The second-order valence-corrected chi connectivity index (χ2v) is 8.67. The highest BCUT2D eigenvalue weighted by atomic mass is 32.1. The lowest BCUT2D eigenvalue weighted by Crippen LogP contribution is -2.29. The molecule has 2 heterocycles. The topological polar surface area (TPSA) is 67.8 Å². The number of aryl methyl sites for hydroxylation is 2. The molecule has 5 nitrogen and oxygen atoms in total. The Morgan fingerprint density at radius 3 is 2.45 bits per heavy atom. The molecule has 0 bridgehead atoms. The zero-order chi connectivity index (χ0) is 20.8. The molecule has 1 atom stereocenters. The second kappa shape index (κ2) is 9.74. The molecule has 0 aliphatic heterocycles. The minimum atomic E-state index is -0.0672. The Bertz CT molecular complexity index is 935. The van der Waals surface area contributed by atoms with Gasteiger partial charge < -0.3 is 5.32 Å². The molecule has 0 spiro atoms. The lowest BCUT2D eigenvalue weighted by atomic mass is 9.90. The second-order valence-electron chi connectivity index (χ2n) is 7.67. The highest BCUT2D eigenvalue weighted by Crippen LogP contribution is 2.27. The number of benzene rings is 1. The number of nitrogens with one attached hydrogen (secondary N) is 1. The Balaban J connectivity index is 1.76. The number of nitrogens with zero attached hydrogens (tertiary/aromatic N) is 3. The molecular formula is C23H28N4OS. The maximum absolute atomic E-state index is 13.0. The molecule has 1 aromatic carbocycles. The van der Waals surface area contributed by atoms with E-state index < -0.39 is 0 Å². The summed E-state index contributed by atoms with van der Waals surface area (Å²) in [5.41, 5.74) is 3.31. The summed E-state index contributed by atoms with van der Waals surface area (Å²) < 4.78 is 0. The van der Waals surface area contributed by atoms with E-state index in [2.05, 4.69) is 65.3 Å². The van der Waals surface area contributed by atoms with Gasteiger partial charge in [-0.25, -0.2) is 15.0 Å². The van der Waals surface area contributed by atoms with Gasteiger partial charge in [0.15, 0.2) is 10.8 Å². The summed E-state index contributed by atoms with van der Waals surface area (Å²) in [6.45, 7) is 9.14. The van der Waals surface area contributed by atoms with Crippen LogP contribution < -0.4 is 5.32 Å². The highest BCUT2D eigenvalue weighted by molar-refractivity contribution is 7.17. The van der Waals surface area contributed by atoms with Gasteiger partial charge in [0.2, 0.25) is 0 Å². The largest absolute Gasteiger partial charge is 0.351 e. The highest BCUT2D eigenvalue weighted by Gasteiger charge is 2.21. The fraction of sp³-hybridized carbons (Fsp3) is 0.391. The van der Waals surface area contributed by atoms with Crippen molar-refractivity contribution in [2.75, 3.05) is 6.54 Å². The summed E-state index contributed by atoms with van der Waals surface area (Å²) >= 11 is 1.36. The number of amides is 1. The molecule has 29 heavy (non-hydrogen) atoms. The van der Waals surface area contributed by atoms with Crippen molar-refractivity contribution in [2.45, 2.75) is 46.5 Å². The molecule has 0 aliphatic rings. The van der Waals surface area contributed by atoms with Gasteiger partial charge >= 0.3 is 0 Å². The third kappa shape index (κ3) is 5.48. The van der Waals surface area contributed by atoms with Crippen molar-refractivity contribution >= 4 is 17.2 Å². The molecule has 6 heteroatoms. The van der Waals surface area contributed by atoms with E-state index in [1.165, 1.54) is 22.5 Å². The zero-order valence-corrected chi connectivity index (χ0v) is 18.3. The van der Waals surface area contributed by atoms with Crippen LogP contribution in [0.15, 0.2) is 42.7 Å². The monoisotopic (exact) mass is 408 g/mol. The Labute approximate surface area is 176 Å². The number of aromatic nitrogens is 3. The van der Waals surface area contributed by atoms with Crippen molar-refractivity contribution < 1.29 is 4.79 Å². The van der Waals surface area contributed by atoms with Gasteiger partial charge in [0, 0.05) is 24.9 Å². The molecule has 152 valence electrons. The van der Waals surface area contributed by atoms with Crippen LogP contribution >= 0.6 is 11.3 Å². The third-order valence-corrected chi connectivity index (χ3v) is 5.90. The molecule has 1 amide bonds. The lowest BCUT2D eigenvalue weighted by Gasteiger charge is -2.20. The Morgan fingerprint density at radius 1 is 1.14 bits per heavy atom. The van der Waals surface area contributed by atoms with Crippen LogP contribution in [0.3, 0.4) is 0 Å². The van der Waals surface area contributed by atoms with Crippen LogP contribution in [0.4, 0.5) is 0 Å². The molecule has 0 fully saturated rings. The Kier molecular flexibility index (Phi) is 7.09. The summed E-state index contributed by atoms with van der Waals surface area (Å²) in [7, 11) is 0. The fourth-order valence-electron chi connectivity index (χ4n) is 3.32. The number of carbonyl (C=O) groups excluding carboxylic acids is 1. The molecule has 0 saturated heterocycles. The van der Waals surface area contributed by atoms with E-state index in [0.29, 0.717) is 34.6 Å². The van der Waals surface area contributed by atoms with E-state index in [0.717, 1.165) is 12.1 Å². The average molecular weight is 409 g/mol. The van der Waals surface area contributed by atoms with Crippen molar-refractivity contribution in [1.29, 1.82) is 0 Å². The molecule has 3 rings (SSSR count). The Morgan fingerprint density at radius 2 is 1.83 bits per heavy atom. The van der Waals surface area contributed by atoms with Gasteiger partial charge in [0.05, 0.1) is 5.69 Å². The summed E-state index contributed by atoms with van der Waals surface area (Å²) in [5, 5.41) is 3.83. The van der Waals surface area contributed by atoms with Crippen molar-refractivity contribution in [3.63, 3.8) is 0 Å². The standard InChI is InChI=1S/C23H28N4OS/c1-5-19-20(29-23(27-19)21-24-11-6-12-25-21)22(28)26-14-18(13-15(2)3)17-9-7-16(4)8-10-17/h6-12,15,18H,5,13-14H2,1-4H3,(H,26,28). The maximum atomic E-state index is 13.0. The van der Waals surface area contributed by atoms with Gasteiger partial charge in [-0.15, -0.1) is 11.3 Å². The first-order valence-corrected chi connectivity index (χ1v) is 10.9. The number of rotatable bonds is 8. The van der Waals surface area contributed by atoms with Crippen molar-refractivity contribution in [3.8, 4) is 10.8 Å².